The van der Waals surface area contributed by atoms with Gasteiger partial charge in [-0.1, -0.05) is 12.1 Å². The second-order valence-electron chi connectivity index (χ2n) is 5.18. The lowest BCUT2D eigenvalue weighted by Gasteiger charge is -2.17. The van der Waals surface area contributed by atoms with Crippen molar-refractivity contribution in [1.82, 2.24) is 0 Å². The molecule has 0 heterocycles. The average Bonchev–Trinajstić information content (AvgIpc) is 2.59. The van der Waals surface area contributed by atoms with Gasteiger partial charge in [-0.3, -0.25) is 4.79 Å². The standard InChI is InChI=1S/C18H19FO5/c1-22-15-9-11(10-16(23-2)17(15)24-3)8-14(18(20)21)12-4-6-13(19)7-5-12/h4-7,9-10,14H,8H2,1-3H3,(H,20,21). The summed E-state index contributed by atoms with van der Waals surface area (Å²) in [5, 5.41) is 9.53. The number of carbonyl (C=O) groups is 1. The Bertz CT molecular complexity index is 687. The first-order valence-electron chi connectivity index (χ1n) is 7.27. The van der Waals surface area contributed by atoms with Crippen molar-refractivity contribution < 1.29 is 28.5 Å². The Morgan fingerprint density at radius 2 is 1.58 bits per heavy atom. The molecule has 5 nitrogen and oxygen atoms in total. The van der Waals surface area contributed by atoms with Gasteiger partial charge in [0.15, 0.2) is 11.5 Å². The lowest BCUT2D eigenvalue weighted by molar-refractivity contribution is -0.138. The van der Waals surface area contributed by atoms with E-state index in [0.29, 0.717) is 28.4 Å². The monoisotopic (exact) mass is 334 g/mol. The van der Waals surface area contributed by atoms with E-state index >= 15 is 0 Å². The first kappa shape index (κ1) is 17.6. The SMILES string of the molecule is COc1cc(CC(C(=O)O)c2ccc(F)cc2)cc(OC)c1OC. The van der Waals surface area contributed by atoms with E-state index in [2.05, 4.69) is 0 Å². The molecule has 0 fully saturated rings. The molecule has 0 radical (unpaired) electrons. The number of ether oxygens (including phenoxy) is 3. The third kappa shape index (κ3) is 3.76. The Labute approximate surface area is 139 Å². The van der Waals surface area contributed by atoms with Crippen LogP contribution >= 0.6 is 0 Å². The summed E-state index contributed by atoms with van der Waals surface area (Å²) in [6, 6.07) is 8.88. The first-order valence-corrected chi connectivity index (χ1v) is 7.27. The molecule has 1 N–H and O–H groups in total. The van der Waals surface area contributed by atoms with Crippen molar-refractivity contribution in [2.75, 3.05) is 21.3 Å². The van der Waals surface area contributed by atoms with Gasteiger partial charge in [0.1, 0.15) is 5.82 Å². The molecule has 6 heteroatoms. The fraction of sp³-hybridized carbons (Fsp3) is 0.278. The molecule has 2 aromatic rings. The van der Waals surface area contributed by atoms with Gasteiger partial charge >= 0.3 is 5.97 Å². The number of hydrogen-bond acceptors (Lipinski definition) is 4. The minimum Gasteiger partial charge on any atom is -0.493 e. The van der Waals surface area contributed by atoms with Gasteiger partial charge in [0.05, 0.1) is 27.2 Å². The Balaban J connectivity index is 2.39. The van der Waals surface area contributed by atoms with Crippen molar-refractivity contribution in [3.05, 3.63) is 53.3 Å². The zero-order valence-electron chi connectivity index (χ0n) is 13.7. The van der Waals surface area contributed by atoms with Crippen molar-refractivity contribution >= 4 is 5.97 Å². The van der Waals surface area contributed by atoms with Crippen LogP contribution < -0.4 is 14.2 Å². The summed E-state index contributed by atoms with van der Waals surface area (Å²) in [6.07, 6.45) is 0.206. The molecule has 2 rings (SSSR count). The van der Waals surface area contributed by atoms with Gasteiger partial charge in [-0.2, -0.15) is 0 Å². The van der Waals surface area contributed by atoms with E-state index in [1.165, 1.54) is 45.6 Å². The number of hydrogen-bond donors (Lipinski definition) is 1. The Kier molecular flexibility index (Phi) is 5.63. The first-order chi connectivity index (χ1) is 11.5. The Morgan fingerprint density at radius 3 is 2.00 bits per heavy atom. The minimum absolute atomic E-state index is 0.206. The van der Waals surface area contributed by atoms with Gasteiger partial charge in [0.25, 0.3) is 0 Å². The average molecular weight is 334 g/mol. The molecule has 0 saturated carbocycles. The van der Waals surface area contributed by atoms with Crippen LogP contribution in [0.15, 0.2) is 36.4 Å². The second kappa shape index (κ2) is 7.68. The highest BCUT2D eigenvalue weighted by Gasteiger charge is 2.22. The van der Waals surface area contributed by atoms with Crippen LogP contribution in [0.2, 0.25) is 0 Å². The maximum absolute atomic E-state index is 13.1. The Morgan fingerprint density at radius 1 is 1.04 bits per heavy atom. The molecule has 0 aliphatic carbocycles. The molecule has 128 valence electrons. The summed E-state index contributed by atoms with van der Waals surface area (Å²) in [6.45, 7) is 0. The van der Waals surface area contributed by atoms with E-state index in [4.69, 9.17) is 14.2 Å². The van der Waals surface area contributed by atoms with E-state index in [1.54, 1.807) is 12.1 Å². The smallest absolute Gasteiger partial charge is 0.311 e. The number of rotatable bonds is 7. The predicted octanol–water partition coefficient (Wildman–Crippen LogP) is 3.26. The van der Waals surface area contributed by atoms with Gasteiger partial charge in [-0.05, 0) is 41.8 Å². The summed E-state index contributed by atoms with van der Waals surface area (Å²) < 4.78 is 28.9. The molecule has 0 amide bonds. The second-order valence-corrected chi connectivity index (χ2v) is 5.18. The van der Waals surface area contributed by atoms with Gasteiger partial charge in [0, 0.05) is 0 Å². The van der Waals surface area contributed by atoms with Crippen LogP contribution in [0.5, 0.6) is 17.2 Å². The van der Waals surface area contributed by atoms with Gasteiger partial charge in [-0.25, -0.2) is 4.39 Å². The van der Waals surface area contributed by atoms with E-state index in [9.17, 15) is 14.3 Å². The highest BCUT2D eigenvalue weighted by Crippen LogP contribution is 2.39. The van der Waals surface area contributed by atoms with Gasteiger partial charge in [0.2, 0.25) is 5.75 Å². The topological polar surface area (TPSA) is 65.0 Å². The highest BCUT2D eigenvalue weighted by molar-refractivity contribution is 5.76. The molecule has 0 spiro atoms. The molecule has 1 unspecified atom stereocenters. The fourth-order valence-electron chi connectivity index (χ4n) is 2.53. The van der Waals surface area contributed by atoms with Crippen LogP contribution in [-0.2, 0) is 11.2 Å². The van der Waals surface area contributed by atoms with Crippen LogP contribution in [-0.4, -0.2) is 32.4 Å². The number of carboxylic acids is 1. The van der Waals surface area contributed by atoms with Crippen molar-refractivity contribution in [2.24, 2.45) is 0 Å². The molecular weight excluding hydrogens is 315 g/mol. The highest BCUT2D eigenvalue weighted by atomic mass is 19.1. The van der Waals surface area contributed by atoms with Crippen molar-refractivity contribution in [2.45, 2.75) is 12.3 Å². The zero-order valence-corrected chi connectivity index (χ0v) is 13.7. The number of halogens is 1. The zero-order chi connectivity index (χ0) is 17.7. The van der Waals surface area contributed by atoms with E-state index in [-0.39, 0.29) is 6.42 Å². The van der Waals surface area contributed by atoms with E-state index in [0.717, 1.165) is 0 Å². The van der Waals surface area contributed by atoms with E-state index in [1.807, 2.05) is 0 Å². The van der Waals surface area contributed by atoms with Crippen LogP contribution in [0.3, 0.4) is 0 Å². The molecule has 0 aliphatic heterocycles. The molecule has 0 bridgehead atoms. The third-order valence-corrected chi connectivity index (χ3v) is 3.73. The van der Waals surface area contributed by atoms with Crippen LogP contribution in [0.4, 0.5) is 4.39 Å². The van der Waals surface area contributed by atoms with E-state index < -0.39 is 17.7 Å². The Hall–Kier alpha value is -2.76. The van der Waals surface area contributed by atoms with Gasteiger partial charge < -0.3 is 19.3 Å². The number of methoxy groups -OCH3 is 3. The summed E-state index contributed by atoms with van der Waals surface area (Å²) in [5.74, 6) is -0.859. The van der Waals surface area contributed by atoms with Crippen LogP contribution in [0, 0.1) is 5.82 Å². The maximum Gasteiger partial charge on any atom is 0.311 e. The number of benzene rings is 2. The quantitative estimate of drug-likeness (QED) is 0.842. The lowest BCUT2D eigenvalue weighted by atomic mass is 9.92. The molecule has 0 aromatic heterocycles. The van der Waals surface area contributed by atoms with Crippen molar-refractivity contribution in [1.29, 1.82) is 0 Å². The summed E-state index contributed by atoms with van der Waals surface area (Å²) in [7, 11) is 4.49. The largest absolute Gasteiger partial charge is 0.493 e. The number of carboxylic acid groups (broad SMARTS) is 1. The normalized spacial score (nSPS) is 11.7. The van der Waals surface area contributed by atoms with Crippen LogP contribution in [0.25, 0.3) is 0 Å². The summed E-state index contributed by atoms with van der Waals surface area (Å²) in [4.78, 5) is 11.6. The predicted molar refractivity (Wildman–Crippen MR) is 86.6 cm³/mol. The molecule has 0 aliphatic rings. The maximum atomic E-state index is 13.1. The summed E-state index contributed by atoms with van der Waals surface area (Å²) in [5.41, 5.74) is 1.24. The number of aliphatic carboxylic acids is 1. The third-order valence-electron chi connectivity index (χ3n) is 3.73. The van der Waals surface area contributed by atoms with Gasteiger partial charge in [-0.15, -0.1) is 0 Å². The lowest BCUT2D eigenvalue weighted by Crippen LogP contribution is -2.14. The molecule has 24 heavy (non-hydrogen) atoms. The van der Waals surface area contributed by atoms with Crippen LogP contribution in [0.1, 0.15) is 17.0 Å². The molecule has 2 aromatic carbocycles. The molecular formula is C18H19FO5. The fourth-order valence-corrected chi connectivity index (χ4v) is 2.53. The molecule has 1 atom stereocenters. The summed E-state index contributed by atoms with van der Waals surface area (Å²) >= 11 is 0. The van der Waals surface area contributed by atoms with Crippen molar-refractivity contribution in [3.8, 4) is 17.2 Å². The minimum atomic E-state index is -0.990. The molecule has 0 saturated heterocycles. The van der Waals surface area contributed by atoms with Crippen molar-refractivity contribution in [3.63, 3.8) is 0 Å².